The van der Waals surface area contributed by atoms with Crippen LogP contribution in [-0.2, 0) is 51.2 Å². The van der Waals surface area contributed by atoms with Gasteiger partial charge in [-0.2, -0.15) is 0 Å². The van der Waals surface area contributed by atoms with Crippen LogP contribution in [0.1, 0.15) is 72.9 Å². The van der Waals surface area contributed by atoms with Crippen LogP contribution in [0, 0.1) is 0 Å². The highest BCUT2D eigenvalue weighted by Gasteiger charge is 2.27. The second kappa shape index (κ2) is 27.7. The van der Waals surface area contributed by atoms with Crippen molar-refractivity contribution in [1.82, 2.24) is 26.6 Å². The van der Waals surface area contributed by atoms with E-state index in [1.807, 2.05) is 10.6 Å². The van der Waals surface area contributed by atoms with Crippen LogP contribution in [0.2, 0.25) is 0 Å². The molecule has 7 amide bonds. The maximum absolute atomic E-state index is 13.2. The highest BCUT2D eigenvalue weighted by molar-refractivity contribution is 5.95. The van der Waals surface area contributed by atoms with Crippen molar-refractivity contribution in [3.8, 4) is 0 Å². The van der Waals surface area contributed by atoms with Gasteiger partial charge >= 0.3 is 47.9 Å². The number of nitrogens with one attached hydrogen (secondary N) is 7. The normalized spacial score (nSPS) is 12.4. The van der Waals surface area contributed by atoms with Crippen molar-refractivity contribution in [1.29, 1.82) is 0 Å². The van der Waals surface area contributed by atoms with Crippen molar-refractivity contribution < 1.29 is 83.4 Å². The first kappa shape index (κ1) is 55.4. The monoisotopic (exact) mass is 976 g/mol. The number of carboxylic acids is 6. The molecule has 0 bridgehead atoms. The Morgan fingerprint density at radius 3 is 1.13 bits per heavy atom. The molecule has 4 atom stereocenters. The zero-order valence-corrected chi connectivity index (χ0v) is 37.2. The van der Waals surface area contributed by atoms with Gasteiger partial charge in [0.25, 0.3) is 5.91 Å². The van der Waals surface area contributed by atoms with E-state index in [9.17, 15) is 73.2 Å². The number of benzene rings is 3. The predicted octanol–water partition coefficient (Wildman–Crippen LogP) is 2.18. The largest absolute Gasteiger partial charge is 0.481 e. The van der Waals surface area contributed by atoms with Crippen LogP contribution in [0.15, 0.2) is 77.8 Å². The second-order valence-corrected chi connectivity index (χ2v) is 15.5. The summed E-state index contributed by atoms with van der Waals surface area (Å²) in [5.74, 6) is -9.92. The van der Waals surface area contributed by atoms with Gasteiger partial charge in [-0.15, -0.1) is 0 Å². The molecular formula is C45H52N8O17. The minimum atomic E-state index is -1.58. The highest BCUT2D eigenvalue weighted by Crippen LogP contribution is 2.17. The maximum Gasteiger partial charge on any atom is 0.326 e. The number of rotatable bonds is 29. The van der Waals surface area contributed by atoms with Crippen molar-refractivity contribution in [3.63, 3.8) is 0 Å². The number of carbonyl (C=O) groups is 11. The van der Waals surface area contributed by atoms with Crippen LogP contribution in [-0.4, -0.2) is 133 Å². The van der Waals surface area contributed by atoms with Gasteiger partial charge in [0, 0.05) is 61.5 Å². The fraction of sp³-hybridized carbons (Fsp3) is 0.333. The van der Waals surface area contributed by atoms with Crippen LogP contribution in [0.3, 0.4) is 0 Å². The molecule has 0 unspecified atom stereocenters. The summed E-state index contributed by atoms with van der Waals surface area (Å²) in [6, 6.07) is 8.88. The number of carboxylic acid groups (broad SMARTS) is 6. The van der Waals surface area contributed by atoms with E-state index in [-0.39, 0.29) is 44.1 Å². The number of carbonyl (C=O) groups excluding carboxylic acids is 5. The first-order valence-electron chi connectivity index (χ1n) is 21.3. The number of aliphatic imine (C=N–C) groups is 1. The molecular weight excluding hydrogens is 925 g/mol. The maximum atomic E-state index is 13.2. The van der Waals surface area contributed by atoms with Crippen molar-refractivity contribution in [2.45, 2.75) is 94.4 Å². The number of hydrogen-bond donors (Lipinski definition) is 13. The van der Waals surface area contributed by atoms with Crippen molar-refractivity contribution in [2.75, 3.05) is 10.6 Å². The van der Waals surface area contributed by atoms with Crippen LogP contribution in [0.4, 0.5) is 26.7 Å². The standard InChI is InChI=1S/C45H52N8O17/c1-46-27-12-6-26(7-13-27)39(60)49-30(14-18-35(54)47-28-8-2-24(3-9-28)22-33(42(65)66)52-44(69)50-31(40(61)62)16-20-37(56)57)15-19-36(55)48-29-10-4-25(5-11-29)23-34(43(67)68)53-45(70)51-32(41(63)64)17-21-38(58)59/h2-13,30-34H,1,14-23H2,(H,47,54)(H,48,55)(H,49,60)(H,56,57)(H,58,59)(H,61,62)(H,63,64)(H,65,66)(H,67,68)(H2,50,52,69)(H2,51,53,70)/t31-,32-,33-,34-/m0/s1. The molecule has 0 spiro atoms. The van der Waals surface area contributed by atoms with E-state index < -0.39 is 121 Å². The summed E-state index contributed by atoms with van der Waals surface area (Å²) < 4.78 is 0. The molecule has 25 heteroatoms. The second-order valence-electron chi connectivity index (χ2n) is 15.5. The quantitative estimate of drug-likeness (QED) is 0.0443. The Hall–Kier alpha value is -8.90. The molecule has 25 nitrogen and oxygen atoms in total. The van der Waals surface area contributed by atoms with Gasteiger partial charge in [-0.25, -0.2) is 28.8 Å². The topological polar surface area (TPSA) is 406 Å². The van der Waals surface area contributed by atoms with Gasteiger partial charge in [0.1, 0.15) is 24.2 Å². The van der Waals surface area contributed by atoms with E-state index in [2.05, 4.69) is 38.3 Å². The lowest BCUT2D eigenvalue weighted by Gasteiger charge is -2.19. The molecule has 13 N–H and O–H groups in total. The molecule has 0 radical (unpaired) electrons. The van der Waals surface area contributed by atoms with Gasteiger partial charge in [-0.05, 0) is 92.1 Å². The average Bonchev–Trinajstić information content (AvgIpc) is 3.30. The Morgan fingerprint density at radius 2 is 0.800 bits per heavy atom. The Bertz CT molecular complexity index is 2260. The molecule has 3 aromatic rings. The summed E-state index contributed by atoms with van der Waals surface area (Å²) in [7, 11) is 0. The van der Waals surface area contributed by atoms with Crippen LogP contribution < -0.4 is 37.2 Å². The van der Waals surface area contributed by atoms with E-state index in [4.69, 9.17) is 10.2 Å². The molecule has 0 aliphatic carbocycles. The van der Waals surface area contributed by atoms with E-state index in [1.54, 1.807) is 12.1 Å². The number of urea groups is 2. The highest BCUT2D eigenvalue weighted by atomic mass is 16.4. The summed E-state index contributed by atoms with van der Waals surface area (Å²) in [5.41, 5.74) is 2.24. The van der Waals surface area contributed by atoms with Gasteiger partial charge in [-0.3, -0.25) is 29.0 Å². The van der Waals surface area contributed by atoms with E-state index in [0.717, 1.165) is 0 Å². The zero-order valence-electron chi connectivity index (χ0n) is 37.2. The van der Waals surface area contributed by atoms with Gasteiger partial charge in [-0.1, -0.05) is 24.3 Å². The Labute approximate surface area is 398 Å². The molecule has 0 saturated heterocycles. The number of nitrogens with zero attached hydrogens (tertiary/aromatic N) is 1. The molecule has 0 heterocycles. The van der Waals surface area contributed by atoms with Gasteiger partial charge < -0.3 is 67.9 Å². The third-order valence-electron chi connectivity index (χ3n) is 10.1. The average molecular weight is 977 g/mol. The number of amides is 7. The third kappa shape index (κ3) is 20.3. The minimum absolute atomic E-state index is 0.0765. The number of aliphatic carboxylic acids is 6. The number of hydrogen-bond acceptors (Lipinski definition) is 12. The van der Waals surface area contributed by atoms with Gasteiger partial charge in [0.2, 0.25) is 11.8 Å². The lowest BCUT2D eigenvalue weighted by Crippen LogP contribution is -2.51. The fourth-order valence-corrected chi connectivity index (χ4v) is 6.42. The zero-order chi connectivity index (χ0) is 51.9. The predicted molar refractivity (Wildman–Crippen MR) is 246 cm³/mol. The molecule has 0 aliphatic heterocycles. The van der Waals surface area contributed by atoms with E-state index in [1.165, 1.54) is 60.7 Å². The first-order valence-corrected chi connectivity index (χ1v) is 21.3. The van der Waals surface area contributed by atoms with E-state index in [0.29, 0.717) is 28.2 Å². The molecule has 70 heavy (non-hydrogen) atoms. The summed E-state index contributed by atoms with van der Waals surface area (Å²) >= 11 is 0. The van der Waals surface area contributed by atoms with Crippen molar-refractivity contribution in [2.24, 2.45) is 4.99 Å². The summed E-state index contributed by atoms with van der Waals surface area (Å²) in [5, 5.41) is 72.2. The first-order chi connectivity index (χ1) is 33.1. The molecule has 0 saturated carbocycles. The molecule has 3 aromatic carbocycles. The molecule has 0 aromatic heterocycles. The summed E-state index contributed by atoms with van der Waals surface area (Å²) in [4.78, 5) is 136. The van der Waals surface area contributed by atoms with Crippen LogP contribution in [0.25, 0.3) is 0 Å². The summed E-state index contributed by atoms with van der Waals surface area (Å²) in [6.07, 6.45) is -2.57. The minimum Gasteiger partial charge on any atom is -0.481 e. The van der Waals surface area contributed by atoms with Gasteiger partial charge in [0.15, 0.2) is 0 Å². The Balaban J connectivity index is 1.60. The van der Waals surface area contributed by atoms with Crippen LogP contribution >= 0.6 is 0 Å². The molecule has 0 fully saturated rings. The SMILES string of the molecule is C=Nc1ccc(C(=O)NC(CCC(=O)Nc2ccc(C[C@H](NC(=O)N[C@@H](CCC(=O)O)C(=O)O)C(=O)O)cc2)CCC(=O)Nc2ccc(C[C@H](NC(=O)N[C@@H](CCC(=O)O)C(=O)O)C(=O)O)cc2)cc1. The molecule has 374 valence electrons. The van der Waals surface area contributed by atoms with Gasteiger partial charge in [0.05, 0.1) is 5.69 Å². The van der Waals surface area contributed by atoms with Crippen molar-refractivity contribution in [3.05, 3.63) is 89.5 Å². The molecule has 0 aliphatic rings. The van der Waals surface area contributed by atoms with Crippen molar-refractivity contribution >= 4 is 89.4 Å². The lowest BCUT2D eigenvalue weighted by molar-refractivity contribution is -0.142. The summed E-state index contributed by atoms with van der Waals surface area (Å²) in [6.45, 7) is 3.44. The molecule has 3 rings (SSSR count). The third-order valence-corrected chi connectivity index (χ3v) is 10.1. The lowest BCUT2D eigenvalue weighted by atomic mass is 10.0. The van der Waals surface area contributed by atoms with E-state index >= 15 is 0 Å². The van der Waals surface area contributed by atoms with Crippen LogP contribution in [0.5, 0.6) is 0 Å². The number of anilines is 2. The smallest absolute Gasteiger partial charge is 0.326 e. The Kier molecular flexibility index (Phi) is 21.9. The fourth-order valence-electron chi connectivity index (χ4n) is 6.42. The Morgan fingerprint density at radius 1 is 0.443 bits per heavy atom.